The molecule has 0 saturated carbocycles. The lowest BCUT2D eigenvalue weighted by atomic mass is 9.62. The summed E-state index contributed by atoms with van der Waals surface area (Å²) in [5, 5.41) is 12.0. The molecule has 0 aromatic heterocycles. The lowest BCUT2D eigenvalue weighted by molar-refractivity contribution is -0.137. The van der Waals surface area contributed by atoms with E-state index in [4.69, 9.17) is 16.8 Å². The monoisotopic (exact) mass is 409 g/mol. The molecule has 0 unspecified atom stereocenters. The fourth-order valence-electron chi connectivity index (χ4n) is 3.97. The zero-order chi connectivity index (χ0) is 20.9. The van der Waals surface area contributed by atoms with Crippen LogP contribution in [0.4, 0.5) is 13.2 Å². The molecule has 150 valence electrons. The van der Waals surface area contributed by atoms with Gasteiger partial charge in [0.1, 0.15) is 0 Å². The van der Waals surface area contributed by atoms with Gasteiger partial charge >= 0.3 is 6.18 Å². The molecule has 2 aromatic rings. The highest BCUT2D eigenvalue weighted by atomic mass is 35.5. The summed E-state index contributed by atoms with van der Waals surface area (Å²) < 4.78 is 42.1. The van der Waals surface area contributed by atoms with Gasteiger partial charge in [0, 0.05) is 10.6 Å². The van der Waals surface area contributed by atoms with Gasteiger partial charge in [0.2, 0.25) is 0 Å². The van der Waals surface area contributed by atoms with E-state index >= 15 is 0 Å². The SMILES string of the molecule is CC1(C)CCC(C)(C)c2cc(C(F)(F)F)c(-c3cc(C=NO)ccc3Cl)cc21. The summed E-state index contributed by atoms with van der Waals surface area (Å²) in [5.74, 6) is 0. The van der Waals surface area contributed by atoms with Gasteiger partial charge < -0.3 is 5.21 Å². The average molecular weight is 410 g/mol. The predicted molar refractivity (Wildman–Crippen MR) is 107 cm³/mol. The van der Waals surface area contributed by atoms with Crippen molar-refractivity contribution in [1.29, 1.82) is 0 Å². The highest BCUT2D eigenvalue weighted by Gasteiger charge is 2.42. The molecule has 1 aliphatic rings. The molecule has 0 fully saturated rings. The van der Waals surface area contributed by atoms with E-state index in [0.717, 1.165) is 24.0 Å². The molecular weight excluding hydrogens is 387 g/mol. The molecule has 28 heavy (non-hydrogen) atoms. The summed E-state index contributed by atoms with van der Waals surface area (Å²) in [4.78, 5) is 0. The van der Waals surface area contributed by atoms with Crippen molar-refractivity contribution in [2.75, 3.05) is 0 Å². The number of hydrogen-bond donors (Lipinski definition) is 1. The van der Waals surface area contributed by atoms with Crippen LogP contribution in [-0.2, 0) is 17.0 Å². The Hall–Kier alpha value is -2.01. The summed E-state index contributed by atoms with van der Waals surface area (Å²) in [5.41, 5.74) is 1.18. The summed E-state index contributed by atoms with van der Waals surface area (Å²) in [7, 11) is 0. The maximum atomic E-state index is 14.0. The number of hydrogen-bond acceptors (Lipinski definition) is 2. The van der Waals surface area contributed by atoms with E-state index in [-0.39, 0.29) is 27.0 Å². The molecular formula is C22H23ClF3NO. The summed E-state index contributed by atoms with van der Waals surface area (Å²) in [6, 6.07) is 7.57. The fourth-order valence-corrected chi connectivity index (χ4v) is 4.19. The van der Waals surface area contributed by atoms with Crippen LogP contribution in [-0.4, -0.2) is 11.4 Å². The second-order valence-corrected chi connectivity index (χ2v) is 9.10. The van der Waals surface area contributed by atoms with E-state index in [0.29, 0.717) is 5.56 Å². The molecule has 0 amide bonds. The molecule has 0 spiro atoms. The predicted octanol–water partition coefficient (Wildman–Crippen LogP) is 7.18. The maximum absolute atomic E-state index is 14.0. The third kappa shape index (κ3) is 3.64. The van der Waals surface area contributed by atoms with E-state index in [1.807, 2.05) is 13.8 Å². The third-order valence-corrected chi connectivity index (χ3v) is 6.11. The van der Waals surface area contributed by atoms with Crippen molar-refractivity contribution in [1.82, 2.24) is 0 Å². The highest BCUT2D eigenvalue weighted by molar-refractivity contribution is 6.33. The van der Waals surface area contributed by atoms with Crippen molar-refractivity contribution in [2.24, 2.45) is 5.16 Å². The zero-order valence-electron chi connectivity index (χ0n) is 16.3. The Kier molecular flexibility index (Phi) is 5.03. The Morgan fingerprint density at radius 1 is 0.964 bits per heavy atom. The van der Waals surface area contributed by atoms with Crippen LogP contribution in [0.5, 0.6) is 0 Å². The molecule has 0 heterocycles. The van der Waals surface area contributed by atoms with Crippen molar-refractivity contribution in [2.45, 2.75) is 57.5 Å². The lowest BCUT2D eigenvalue weighted by Crippen LogP contribution is -2.34. The van der Waals surface area contributed by atoms with E-state index in [2.05, 4.69) is 19.0 Å². The molecule has 0 atom stereocenters. The number of alkyl halides is 3. The molecule has 1 aliphatic carbocycles. The largest absolute Gasteiger partial charge is 0.417 e. The molecule has 0 radical (unpaired) electrons. The molecule has 3 rings (SSSR count). The zero-order valence-corrected chi connectivity index (χ0v) is 17.0. The number of halogens is 4. The first-order valence-electron chi connectivity index (χ1n) is 9.10. The number of rotatable bonds is 2. The Morgan fingerprint density at radius 3 is 2.07 bits per heavy atom. The van der Waals surface area contributed by atoms with Crippen molar-refractivity contribution in [3.63, 3.8) is 0 Å². The Balaban J connectivity index is 2.38. The molecule has 0 bridgehead atoms. The maximum Gasteiger partial charge on any atom is 0.417 e. The minimum atomic E-state index is -4.52. The highest BCUT2D eigenvalue weighted by Crippen LogP contribution is 2.50. The Morgan fingerprint density at radius 2 is 1.54 bits per heavy atom. The van der Waals surface area contributed by atoms with Crippen molar-refractivity contribution >= 4 is 17.8 Å². The second-order valence-electron chi connectivity index (χ2n) is 8.69. The first-order valence-corrected chi connectivity index (χ1v) is 9.48. The Bertz CT molecular complexity index is 946. The van der Waals surface area contributed by atoms with Crippen molar-refractivity contribution in [3.8, 4) is 11.1 Å². The fraction of sp³-hybridized carbons (Fsp3) is 0.409. The lowest BCUT2D eigenvalue weighted by Gasteiger charge is -2.42. The van der Waals surface area contributed by atoms with Crippen LogP contribution < -0.4 is 0 Å². The smallest absolute Gasteiger partial charge is 0.411 e. The summed E-state index contributed by atoms with van der Waals surface area (Å²) in [6.45, 7) is 8.11. The van der Waals surface area contributed by atoms with Gasteiger partial charge in [0.15, 0.2) is 0 Å². The van der Waals surface area contributed by atoms with Crippen LogP contribution >= 0.6 is 11.6 Å². The van der Waals surface area contributed by atoms with E-state index in [9.17, 15) is 13.2 Å². The van der Waals surface area contributed by atoms with Crippen LogP contribution in [0.1, 0.15) is 62.8 Å². The van der Waals surface area contributed by atoms with Crippen LogP contribution in [0.15, 0.2) is 35.5 Å². The summed E-state index contributed by atoms with van der Waals surface area (Å²) in [6.07, 6.45) is -1.64. The standard InChI is InChI=1S/C22H23ClF3NO/c1-20(2)7-8-21(3,4)18-11-16(22(24,25)26)14(10-17(18)20)15-9-13(12-27-28)5-6-19(15)23/h5-6,9-12,28H,7-8H2,1-4H3. The van der Waals surface area contributed by atoms with Crippen molar-refractivity contribution in [3.05, 3.63) is 57.6 Å². The van der Waals surface area contributed by atoms with Gasteiger partial charge in [-0.05, 0) is 70.2 Å². The molecule has 0 aliphatic heterocycles. The quantitative estimate of drug-likeness (QED) is 0.318. The van der Waals surface area contributed by atoms with E-state index in [1.165, 1.54) is 24.4 Å². The van der Waals surface area contributed by atoms with E-state index < -0.39 is 11.7 Å². The normalized spacial score (nSPS) is 18.3. The number of nitrogens with zero attached hydrogens (tertiary/aromatic N) is 1. The van der Waals surface area contributed by atoms with Gasteiger partial charge in [0.05, 0.1) is 11.8 Å². The van der Waals surface area contributed by atoms with Gasteiger partial charge in [-0.25, -0.2) is 0 Å². The number of benzene rings is 2. The van der Waals surface area contributed by atoms with Gasteiger partial charge in [-0.1, -0.05) is 50.5 Å². The number of fused-ring (bicyclic) bond motifs is 1. The first-order chi connectivity index (χ1) is 12.9. The van der Waals surface area contributed by atoms with Crippen LogP contribution in [0, 0.1) is 0 Å². The van der Waals surface area contributed by atoms with Crippen LogP contribution in [0.2, 0.25) is 5.02 Å². The van der Waals surface area contributed by atoms with Gasteiger partial charge in [-0.3, -0.25) is 0 Å². The van der Waals surface area contributed by atoms with Crippen molar-refractivity contribution < 1.29 is 18.4 Å². The molecule has 1 N–H and O–H groups in total. The molecule has 2 aromatic carbocycles. The number of oxime groups is 1. The molecule has 0 saturated heterocycles. The molecule has 6 heteroatoms. The van der Waals surface area contributed by atoms with Crippen LogP contribution in [0.3, 0.4) is 0 Å². The molecule has 2 nitrogen and oxygen atoms in total. The van der Waals surface area contributed by atoms with E-state index in [1.54, 1.807) is 12.1 Å². The van der Waals surface area contributed by atoms with Gasteiger partial charge in [-0.15, -0.1) is 0 Å². The van der Waals surface area contributed by atoms with Crippen LogP contribution in [0.25, 0.3) is 11.1 Å². The second kappa shape index (κ2) is 6.80. The average Bonchev–Trinajstić information content (AvgIpc) is 2.59. The minimum Gasteiger partial charge on any atom is -0.411 e. The first kappa shape index (κ1) is 20.7. The minimum absolute atomic E-state index is 0.0511. The third-order valence-electron chi connectivity index (χ3n) is 5.78. The summed E-state index contributed by atoms with van der Waals surface area (Å²) >= 11 is 6.29. The Labute approximate surface area is 168 Å². The van der Waals surface area contributed by atoms with Gasteiger partial charge in [0.25, 0.3) is 0 Å². The van der Waals surface area contributed by atoms with Gasteiger partial charge in [-0.2, -0.15) is 13.2 Å². The topological polar surface area (TPSA) is 32.6 Å².